The van der Waals surface area contributed by atoms with Crippen LogP contribution in [0.3, 0.4) is 0 Å². The minimum Gasteiger partial charge on any atom is -0.465 e. The third-order valence-electron chi connectivity index (χ3n) is 2.82. The Balaban J connectivity index is 3.35. The van der Waals surface area contributed by atoms with Crippen LogP contribution in [-0.2, 0) is 4.74 Å². The van der Waals surface area contributed by atoms with Crippen LogP contribution in [0.25, 0.3) is 0 Å². The predicted octanol–water partition coefficient (Wildman–Crippen LogP) is 1.84. The van der Waals surface area contributed by atoms with Gasteiger partial charge in [-0.2, -0.15) is 0 Å². The molecule has 0 unspecified atom stereocenters. The summed E-state index contributed by atoms with van der Waals surface area (Å²) >= 11 is 1.16. The van der Waals surface area contributed by atoms with Crippen LogP contribution in [0.4, 0.5) is 10.7 Å². The van der Waals surface area contributed by atoms with Gasteiger partial charge < -0.3 is 21.1 Å². The van der Waals surface area contributed by atoms with Crippen molar-refractivity contribution in [3.63, 3.8) is 0 Å². The van der Waals surface area contributed by atoms with E-state index in [2.05, 4.69) is 4.74 Å². The lowest BCUT2D eigenvalue weighted by Gasteiger charge is -2.22. The van der Waals surface area contributed by atoms with Gasteiger partial charge in [-0.1, -0.05) is 13.8 Å². The Morgan fingerprint density at radius 2 is 1.80 bits per heavy atom. The highest BCUT2D eigenvalue weighted by molar-refractivity contribution is 7.19. The number of carbonyl (C=O) groups is 2. The van der Waals surface area contributed by atoms with Gasteiger partial charge >= 0.3 is 5.97 Å². The first-order valence-corrected chi connectivity index (χ1v) is 7.34. The number of nitrogens with two attached hydrogens (primary N) is 2. The average Bonchev–Trinajstić information content (AvgIpc) is 2.75. The molecule has 4 N–H and O–H groups in total. The molecule has 1 aromatic rings. The van der Waals surface area contributed by atoms with Crippen LogP contribution in [0.2, 0.25) is 0 Å². The van der Waals surface area contributed by atoms with Gasteiger partial charge in [-0.25, -0.2) is 4.79 Å². The molecule has 7 heteroatoms. The highest BCUT2D eigenvalue weighted by atomic mass is 32.1. The van der Waals surface area contributed by atoms with Gasteiger partial charge in [0.2, 0.25) is 0 Å². The van der Waals surface area contributed by atoms with E-state index in [9.17, 15) is 9.59 Å². The summed E-state index contributed by atoms with van der Waals surface area (Å²) in [5, 5.41) is 0.652. The second-order valence-electron chi connectivity index (χ2n) is 4.37. The van der Waals surface area contributed by atoms with Crippen LogP contribution in [0, 0.1) is 0 Å². The average molecular weight is 299 g/mol. The molecule has 1 amide bonds. The van der Waals surface area contributed by atoms with Gasteiger partial charge in [0.1, 0.15) is 9.88 Å². The summed E-state index contributed by atoms with van der Waals surface area (Å²) in [6.45, 7) is 5.64. The van der Waals surface area contributed by atoms with E-state index >= 15 is 0 Å². The molecule has 0 aliphatic heterocycles. The summed E-state index contributed by atoms with van der Waals surface area (Å²) in [6, 6.07) is 0. The maximum absolute atomic E-state index is 11.7. The first-order chi connectivity index (χ1) is 9.47. The number of methoxy groups -OCH3 is 1. The van der Waals surface area contributed by atoms with Crippen LogP contribution < -0.4 is 16.4 Å². The van der Waals surface area contributed by atoms with Crippen LogP contribution in [0.15, 0.2) is 0 Å². The van der Waals surface area contributed by atoms with Gasteiger partial charge in [0.15, 0.2) is 0 Å². The predicted molar refractivity (Wildman–Crippen MR) is 81.4 cm³/mol. The maximum atomic E-state index is 11.7. The summed E-state index contributed by atoms with van der Waals surface area (Å²) in [5.74, 6) is -1.17. The first-order valence-electron chi connectivity index (χ1n) is 6.53. The third kappa shape index (κ3) is 3.22. The number of thiophene rings is 1. The zero-order valence-electron chi connectivity index (χ0n) is 12.1. The molecule has 0 spiro atoms. The summed E-state index contributed by atoms with van der Waals surface area (Å²) < 4.78 is 4.69. The number of ether oxygens (including phenoxy) is 1. The van der Waals surface area contributed by atoms with Crippen LogP contribution >= 0.6 is 11.3 Å². The van der Waals surface area contributed by atoms with Gasteiger partial charge in [-0.05, 0) is 12.8 Å². The van der Waals surface area contributed by atoms with Gasteiger partial charge in [0, 0.05) is 13.1 Å². The Labute approximate surface area is 122 Å². The van der Waals surface area contributed by atoms with Crippen molar-refractivity contribution in [1.82, 2.24) is 0 Å². The first kappa shape index (κ1) is 16.3. The number of esters is 1. The molecule has 0 radical (unpaired) electrons. The molecule has 0 atom stereocenters. The number of rotatable bonds is 7. The van der Waals surface area contributed by atoms with E-state index in [0.29, 0.717) is 5.00 Å². The molecule has 0 aliphatic carbocycles. The van der Waals surface area contributed by atoms with Crippen molar-refractivity contribution in [2.45, 2.75) is 26.7 Å². The van der Waals surface area contributed by atoms with E-state index in [1.807, 2.05) is 18.7 Å². The minimum atomic E-state index is -0.624. The minimum absolute atomic E-state index is 0.113. The van der Waals surface area contributed by atoms with Crippen molar-refractivity contribution >= 4 is 33.9 Å². The van der Waals surface area contributed by atoms with Crippen molar-refractivity contribution in [2.75, 3.05) is 30.8 Å². The Hall–Kier alpha value is -1.76. The molecule has 6 nitrogen and oxygen atoms in total. The quantitative estimate of drug-likeness (QED) is 0.748. The molecule has 0 saturated carbocycles. The van der Waals surface area contributed by atoms with E-state index in [1.165, 1.54) is 7.11 Å². The van der Waals surface area contributed by atoms with Crippen molar-refractivity contribution in [3.05, 3.63) is 10.4 Å². The highest BCUT2D eigenvalue weighted by Crippen LogP contribution is 2.38. The van der Waals surface area contributed by atoms with Gasteiger partial charge in [0.05, 0.1) is 18.4 Å². The molecule has 20 heavy (non-hydrogen) atoms. The second-order valence-corrected chi connectivity index (χ2v) is 5.37. The third-order valence-corrected chi connectivity index (χ3v) is 4.06. The fourth-order valence-electron chi connectivity index (χ4n) is 1.99. The number of nitrogen functional groups attached to an aromatic ring is 1. The Morgan fingerprint density at radius 3 is 2.20 bits per heavy atom. The zero-order valence-corrected chi connectivity index (χ0v) is 12.9. The number of amides is 1. The Morgan fingerprint density at radius 1 is 1.25 bits per heavy atom. The fraction of sp³-hybridized carbons (Fsp3) is 0.538. The summed E-state index contributed by atoms with van der Waals surface area (Å²) in [6.07, 6.45) is 1.84. The number of hydrogen-bond donors (Lipinski definition) is 2. The SMILES string of the molecule is CCCN(CCC)c1sc(C(=O)OC)c(N)c1C(N)=O. The topological polar surface area (TPSA) is 98.7 Å². The summed E-state index contributed by atoms with van der Waals surface area (Å²) in [5.41, 5.74) is 11.6. The maximum Gasteiger partial charge on any atom is 0.350 e. The standard InChI is InChI=1S/C13H21N3O3S/c1-4-6-16(7-5-2)12-8(11(15)17)9(14)10(20-12)13(18)19-3/h4-7,14H2,1-3H3,(H2,15,17). The van der Waals surface area contributed by atoms with Crippen molar-refractivity contribution in [1.29, 1.82) is 0 Å². The number of anilines is 2. The van der Waals surface area contributed by atoms with E-state index in [4.69, 9.17) is 11.5 Å². The monoisotopic (exact) mass is 299 g/mol. The molecular weight excluding hydrogens is 278 g/mol. The Kier molecular flexibility index (Phi) is 5.82. The van der Waals surface area contributed by atoms with Crippen molar-refractivity contribution in [2.24, 2.45) is 5.73 Å². The molecule has 0 saturated heterocycles. The van der Waals surface area contributed by atoms with Gasteiger partial charge in [0.25, 0.3) is 5.91 Å². The number of primary amides is 1. The molecule has 0 bridgehead atoms. The lowest BCUT2D eigenvalue weighted by molar-refractivity contribution is 0.0607. The van der Waals surface area contributed by atoms with Gasteiger partial charge in [-0.15, -0.1) is 11.3 Å². The van der Waals surface area contributed by atoms with Crippen LogP contribution in [0.5, 0.6) is 0 Å². The number of carbonyl (C=O) groups excluding carboxylic acids is 2. The second kappa shape index (κ2) is 7.14. The Bertz CT molecular complexity index is 493. The molecule has 1 rings (SSSR count). The lowest BCUT2D eigenvalue weighted by atomic mass is 10.2. The van der Waals surface area contributed by atoms with Crippen LogP contribution in [0.1, 0.15) is 46.7 Å². The molecule has 0 fully saturated rings. The fourth-order valence-corrected chi connectivity index (χ4v) is 3.19. The van der Waals surface area contributed by atoms with E-state index < -0.39 is 11.9 Å². The van der Waals surface area contributed by atoms with E-state index in [-0.39, 0.29) is 16.1 Å². The normalized spacial score (nSPS) is 10.3. The van der Waals surface area contributed by atoms with E-state index in [1.54, 1.807) is 0 Å². The van der Waals surface area contributed by atoms with Crippen molar-refractivity contribution in [3.8, 4) is 0 Å². The smallest absolute Gasteiger partial charge is 0.350 e. The molecule has 112 valence electrons. The summed E-state index contributed by atoms with van der Waals surface area (Å²) in [7, 11) is 1.28. The highest BCUT2D eigenvalue weighted by Gasteiger charge is 2.27. The lowest BCUT2D eigenvalue weighted by Crippen LogP contribution is -2.27. The molecule has 1 heterocycles. The van der Waals surface area contributed by atoms with E-state index in [0.717, 1.165) is 37.3 Å². The van der Waals surface area contributed by atoms with Gasteiger partial charge in [-0.3, -0.25) is 4.79 Å². The van der Waals surface area contributed by atoms with Crippen LogP contribution in [-0.4, -0.2) is 32.1 Å². The number of hydrogen-bond acceptors (Lipinski definition) is 6. The molecule has 0 aromatic carbocycles. The zero-order chi connectivity index (χ0) is 15.3. The largest absolute Gasteiger partial charge is 0.465 e. The molecular formula is C13H21N3O3S. The number of nitrogens with zero attached hydrogens (tertiary/aromatic N) is 1. The summed E-state index contributed by atoms with van der Waals surface area (Å²) in [4.78, 5) is 25.6. The molecule has 0 aliphatic rings. The van der Waals surface area contributed by atoms with Crippen molar-refractivity contribution < 1.29 is 14.3 Å². The molecule has 1 aromatic heterocycles.